The molecule has 0 N–H and O–H groups in total. The lowest BCUT2D eigenvalue weighted by molar-refractivity contribution is 0.183. The van der Waals surface area contributed by atoms with Gasteiger partial charge >= 0.3 is 0 Å². The Bertz CT molecular complexity index is 584. The third-order valence-electron chi connectivity index (χ3n) is 4.55. The molecule has 1 aliphatic carbocycles. The van der Waals surface area contributed by atoms with Crippen LogP contribution in [0.2, 0.25) is 0 Å². The molecule has 108 valence electrons. The smallest absolute Gasteiger partial charge is 0.111 e. The summed E-state index contributed by atoms with van der Waals surface area (Å²) in [5.74, 6) is 1.72. The van der Waals surface area contributed by atoms with E-state index in [1.54, 1.807) is 0 Å². The van der Waals surface area contributed by atoms with Crippen LogP contribution < -0.4 is 0 Å². The first-order chi connectivity index (χ1) is 9.72. The van der Waals surface area contributed by atoms with Crippen LogP contribution in [0, 0.1) is 5.41 Å². The van der Waals surface area contributed by atoms with E-state index in [4.69, 9.17) is 16.6 Å². The third-order valence-corrected chi connectivity index (χ3v) is 4.74. The Hall–Kier alpha value is -1.09. The van der Waals surface area contributed by atoms with E-state index < -0.39 is 0 Å². The summed E-state index contributed by atoms with van der Waals surface area (Å²) in [5, 5.41) is 0. The van der Waals surface area contributed by atoms with Crippen LogP contribution in [-0.2, 0) is 13.0 Å². The van der Waals surface area contributed by atoms with Gasteiger partial charge in [0.05, 0.1) is 11.7 Å². The Kier molecular flexibility index (Phi) is 3.97. The number of aryl methyl sites for hydroxylation is 1. The van der Waals surface area contributed by atoms with Crippen LogP contribution in [0.5, 0.6) is 0 Å². The van der Waals surface area contributed by atoms with Crippen LogP contribution in [0.3, 0.4) is 0 Å². The van der Waals surface area contributed by atoms with E-state index in [9.17, 15) is 0 Å². The van der Waals surface area contributed by atoms with Gasteiger partial charge in [0.2, 0.25) is 0 Å². The Morgan fingerprint density at radius 1 is 1.30 bits per heavy atom. The number of alkyl halides is 1. The zero-order chi connectivity index (χ0) is 14.0. The van der Waals surface area contributed by atoms with Gasteiger partial charge in [-0.15, -0.1) is 11.6 Å². The van der Waals surface area contributed by atoms with Gasteiger partial charge in [-0.1, -0.05) is 26.2 Å². The number of nitrogens with zero attached hydrogens (tertiary/aromatic N) is 3. The zero-order valence-electron chi connectivity index (χ0n) is 12.1. The average Bonchev–Trinajstić information content (AvgIpc) is 2.78. The van der Waals surface area contributed by atoms with Crippen molar-refractivity contribution < 1.29 is 0 Å². The van der Waals surface area contributed by atoms with Crippen molar-refractivity contribution in [1.29, 1.82) is 0 Å². The molecule has 2 aromatic heterocycles. The quantitative estimate of drug-likeness (QED) is 0.791. The molecular weight excluding hydrogens is 270 g/mol. The van der Waals surface area contributed by atoms with E-state index in [1.807, 2.05) is 12.4 Å². The van der Waals surface area contributed by atoms with Crippen molar-refractivity contribution >= 4 is 22.6 Å². The van der Waals surface area contributed by atoms with Crippen molar-refractivity contribution in [3.05, 3.63) is 24.3 Å². The molecule has 0 aromatic carbocycles. The van der Waals surface area contributed by atoms with Crippen molar-refractivity contribution in [1.82, 2.24) is 14.5 Å². The first-order valence-corrected chi connectivity index (χ1v) is 8.10. The van der Waals surface area contributed by atoms with Crippen molar-refractivity contribution in [3.63, 3.8) is 0 Å². The number of pyridine rings is 1. The summed E-state index contributed by atoms with van der Waals surface area (Å²) in [5.41, 5.74) is 2.59. The molecule has 20 heavy (non-hydrogen) atoms. The van der Waals surface area contributed by atoms with Crippen LogP contribution in [0.15, 0.2) is 18.5 Å². The fourth-order valence-corrected chi connectivity index (χ4v) is 3.60. The second-order valence-corrected chi connectivity index (χ2v) is 6.67. The number of aromatic nitrogens is 3. The molecular formula is C16H22ClN3. The van der Waals surface area contributed by atoms with Crippen LogP contribution in [0.25, 0.3) is 11.0 Å². The molecule has 2 aromatic rings. The molecule has 0 aliphatic heterocycles. The third kappa shape index (κ3) is 2.69. The maximum Gasteiger partial charge on any atom is 0.111 e. The van der Waals surface area contributed by atoms with Gasteiger partial charge in [0, 0.05) is 25.0 Å². The fourth-order valence-electron chi connectivity index (χ4n) is 3.43. The Morgan fingerprint density at radius 2 is 2.10 bits per heavy atom. The molecule has 1 fully saturated rings. The maximum atomic E-state index is 5.94. The second kappa shape index (κ2) is 5.72. The summed E-state index contributed by atoms with van der Waals surface area (Å²) in [6, 6.07) is 2.08. The lowest BCUT2D eigenvalue weighted by Crippen LogP contribution is -2.27. The molecule has 0 spiro atoms. The summed E-state index contributed by atoms with van der Waals surface area (Å²) in [6.07, 6.45) is 11.3. The number of fused-ring (bicyclic) bond motifs is 1. The van der Waals surface area contributed by atoms with E-state index in [0.29, 0.717) is 11.3 Å². The van der Waals surface area contributed by atoms with Gasteiger partial charge in [0.25, 0.3) is 0 Å². The number of hydrogen-bond acceptors (Lipinski definition) is 2. The molecule has 0 unspecified atom stereocenters. The summed E-state index contributed by atoms with van der Waals surface area (Å²) < 4.78 is 2.38. The van der Waals surface area contributed by atoms with Crippen molar-refractivity contribution in [2.75, 3.05) is 5.88 Å². The minimum Gasteiger partial charge on any atom is -0.327 e. The summed E-state index contributed by atoms with van der Waals surface area (Å²) in [4.78, 5) is 8.90. The van der Waals surface area contributed by atoms with Gasteiger partial charge in [-0.25, -0.2) is 4.98 Å². The molecule has 0 bridgehead atoms. The minimum atomic E-state index is 0.399. The van der Waals surface area contributed by atoms with Gasteiger partial charge < -0.3 is 4.57 Å². The van der Waals surface area contributed by atoms with E-state index >= 15 is 0 Å². The first-order valence-electron chi connectivity index (χ1n) is 7.57. The lowest BCUT2D eigenvalue weighted by Gasteiger charge is -2.34. The molecule has 3 rings (SSSR count). The summed E-state index contributed by atoms with van der Waals surface area (Å²) in [6.45, 7) is 3.48. The number of rotatable bonds is 4. The highest BCUT2D eigenvalue weighted by atomic mass is 35.5. The van der Waals surface area contributed by atoms with E-state index in [2.05, 4.69) is 22.5 Å². The summed E-state index contributed by atoms with van der Waals surface area (Å²) in [7, 11) is 0. The topological polar surface area (TPSA) is 30.7 Å². The SMILES string of the molecule is CC1(Cn2c(CCCl)nc3cnccc32)CCCCC1. The minimum absolute atomic E-state index is 0.399. The molecule has 0 saturated heterocycles. The first kappa shape index (κ1) is 13.9. The molecule has 3 nitrogen and oxygen atoms in total. The molecule has 1 saturated carbocycles. The Balaban J connectivity index is 1.97. The van der Waals surface area contributed by atoms with Gasteiger partial charge in [-0.3, -0.25) is 4.98 Å². The monoisotopic (exact) mass is 291 g/mol. The zero-order valence-corrected chi connectivity index (χ0v) is 12.9. The van der Waals surface area contributed by atoms with Crippen LogP contribution >= 0.6 is 11.6 Å². The van der Waals surface area contributed by atoms with Crippen LogP contribution in [-0.4, -0.2) is 20.4 Å². The van der Waals surface area contributed by atoms with Gasteiger partial charge in [-0.05, 0) is 24.3 Å². The highest BCUT2D eigenvalue weighted by molar-refractivity contribution is 6.17. The van der Waals surface area contributed by atoms with E-state index in [0.717, 1.165) is 24.3 Å². The maximum absolute atomic E-state index is 5.94. The Morgan fingerprint density at radius 3 is 2.85 bits per heavy atom. The highest BCUT2D eigenvalue weighted by Gasteiger charge is 2.28. The van der Waals surface area contributed by atoms with Gasteiger partial charge in [-0.2, -0.15) is 0 Å². The van der Waals surface area contributed by atoms with Gasteiger partial charge in [0.15, 0.2) is 0 Å². The van der Waals surface area contributed by atoms with Crippen LogP contribution in [0.1, 0.15) is 44.9 Å². The van der Waals surface area contributed by atoms with E-state index in [-0.39, 0.29) is 0 Å². The second-order valence-electron chi connectivity index (χ2n) is 6.29. The Labute approximate surface area is 125 Å². The molecule has 0 atom stereocenters. The standard InChI is InChI=1S/C16H22ClN3/c1-16(7-3-2-4-8-16)12-20-14-6-10-18-11-13(14)19-15(20)5-9-17/h6,10-11H,2-5,7-9,12H2,1H3. The molecule has 1 aliphatic rings. The normalized spacial score (nSPS) is 18.5. The number of halogens is 1. The largest absolute Gasteiger partial charge is 0.327 e. The molecule has 0 amide bonds. The van der Waals surface area contributed by atoms with Gasteiger partial charge in [0.1, 0.15) is 11.3 Å². The predicted octanol–water partition coefficient (Wildman–Crippen LogP) is 4.18. The van der Waals surface area contributed by atoms with Crippen molar-refractivity contribution in [2.45, 2.75) is 52.0 Å². The molecule has 0 radical (unpaired) electrons. The van der Waals surface area contributed by atoms with E-state index in [1.165, 1.54) is 37.6 Å². The molecule has 2 heterocycles. The fraction of sp³-hybridized carbons (Fsp3) is 0.625. The highest BCUT2D eigenvalue weighted by Crippen LogP contribution is 2.38. The predicted molar refractivity (Wildman–Crippen MR) is 83.1 cm³/mol. The summed E-state index contributed by atoms with van der Waals surface area (Å²) >= 11 is 5.94. The van der Waals surface area contributed by atoms with Crippen molar-refractivity contribution in [3.8, 4) is 0 Å². The lowest BCUT2D eigenvalue weighted by atomic mass is 9.75. The molecule has 4 heteroatoms. The number of imidazole rings is 1. The van der Waals surface area contributed by atoms with Crippen LogP contribution in [0.4, 0.5) is 0 Å². The van der Waals surface area contributed by atoms with Crippen molar-refractivity contribution in [2.24, 2.45) is 5.41 Å². The average molecular weight is 292 g/mol. The number of hydrogen-bond donors (Lipinski definition) is 0.